The summed E-state index contributed by atoms with van der Waals surface area (Å²) in [5, 5.41) is 2.95. The monoisotopic (exact) mass is 319 g/mol. The zero-order chi connectivity index (χ0) is 16.1. The Labute approximate surface area is 135 Å². The molecule has 22 heavy (non-hydrogen) atoms. The summed E-state index contributed by atoms with van der Waals surface area (Å²) in [6.45, 7) is 1.89. The van der Waals surface area contributed by atoms with Crippen molar-refractivity contribution < 1.29 is 9.53 Å². The van der Waals surface area contributed by atoms with Crippen LogP contribution >= 0.6 is 11.8 Å². The minimum atomic E-state index is -0.349. The van der Waals surface area contributed by atoms with Crippen LogP contribution in [0, 0.1) is 0 Å². The maximum absolute atomic E-state index is 12.4. The summed E-state index contributed by atoms with van der Waals surface area (Å²) in [7, 11) is 3.54. The van der Waals surface area contributed by atoms with Crippen molar-refractivity contribution in [1.82, 2.24) is 14.9 Å². The van der Waals surface area contributed by atoms with E-state index in [1.807, 2.05) is 55.3 Å². The molecule has 118 valence electrons. The SMILES string of the molecule is COc1ccccc1[C@H](NC(=O)[C@@H](C)SC)c1nccn1C. The molecule has 2 rings (SSSR count). The molecule has 0 unspecified atom stereocenters. The molecule has 1 N–H and O–H groups in total. The Kier molecular flexibility index (Phi) is 5.49. The zero-order valence-corrected chi connectivity index (χ0v) is 14.1. The van der Waals surface area contributed by atoms with Gasteiger partial charge in [-0.2, -0.15) is 11.8 Å². The summed E-state index contributed by atoms with van der Waals surface area (Å²) >= 11 is 1.51. The van der Waals surface area contributed by atoms with Gasteiger partial charge in [-0.25, -0.2) is 4.98 Å². The van der Waals surface area contributed by atoms with E-state index in [2.05, 4.69) is 10.3 Å². The van der Waals surface area contributed by atoms with E-state index in [4.69, 9.17) is 4.74 Å². The molecule has 0 aliphatic rings. The molecular weight excluding hydrogens is 298 g/mol. The number of aryl methyl sites for hydroxylation is 1. The van der Waals surface area contributed by atoms with Crippen LogP contribution in [0.1, 0.15) is 24.4 Å². The predicted molar refractivity (Wildman–Crippen MR) is 89.2 cm³/mol. The average Bonchev–Trinajstić information content (AvgIpc) is 2.97. The number of carbonyl (C=O) groups is 1. The Bertz CT molecular complexity index is 642. The average molecular weight is 319 g/mol. The lowest BCUT2D eigenvalue weighted by atomic mass is 10.0. The molecule has 6 heteroatoms. The molecular formula is C16H21N3O2S. The van der Waals surface area contributed by atoms with Crippen LogP contribution in [0.5, 0.6) is 5.75 Å². The van der Waals surface area contributed by atoms with Gasteiger partial charge in [0.1, 0.15) is 17.6 Å². The number of imidazole rings is 1. The van der Waals surface area contributed by atoms with E-state index in [9.17, 15) is 4.79 Å². The van der Waals surface area contributed by atoms with Crippen molar-refractivity contribution >= 4 is 17.7 Å². The first-order valence-electron chi connectivity index (χ1n) is 7.01. The van der Waals surface area contributed by atoms with Crippen molar-refractivity contribution in [3.8, 4) is 5.75 Å². The lowest BCUT2D eigenvalue weighted by Gasteiger charge is -2.22. The summed E-state index contributed by atoms with van der Waals surface area (Å²) in [5.41, 5.74) is 0.890. The Morgan fingerprint density at radius 2 is 2.14 bits per heavy atom. The van der Waals surface area contributed by atoms with E-state index >= 15 is 0 Å². The van der Waals surface area contributed by atoms with Gasteiger partial charge in [0.05, 0.1) is 12.4 Å². The fourth-order valence-corrected chi connectivity index (χ4v) is 2.49. The van der Waals surface area contributed by atoms with E-state index in [0.29, 0.717) is 0 Å². The number of methoxy groups -OCH3 is 1. The van der Waals surface area contributed by atoms with E-state index < -0.39 is 0 Å². The van der Waals surface area contributed by atoms with Gasteiger partial charge in [-0.3, -0.25) is 4.79 Å². The second kappa shape index (κ2) is 7.35. The Hall–Kier alpha value is -1.95. The van der Waals surface area contributed by atoms with Crippen LogP contribution in [0.2, 0.25) is 0 Å². The van der Waals surface area contributed by atoms with Crippen LogP contribution in [0.15, 0.2) is 36.7 Å². The number of hydrogen-bond donors (Lipinski definition) is 1. The highest BCUT2D eigenvalue weighted by Gasteiger charge is 2.25. The van der Waals surface area contributed by atoms with Crippen LogP contribution in [0.4, 0.5) is 0 Å². The molecule has 0 fully saturated rings. The smallest absolute Gasteiger partial charge is 0.233 e. The zero-order valence-electron chi connectivity index (χ0n) is 13.2. The molecule has 1 heterocycles. The Balaban J connectivity index is 2.42. The molecule has 1 amide bonds. The number of amides is 1. The first-order valence-corrected chi connectivity index (χ1v) is 8.30. The quantitative estimate of drug-likeness (QED) is 0.888. The highest BCUT2D eigenvalue weighted by molar-refractivity contribution is 7.99. The fourth-order valence-electron chi connectivity index (χ4n) is 2.21. The second-order valence-electron chi connectivity index (χ2n) is 4.96. The largest absolute Gasteiger partial charge is 0.496 e. The number of ether oxygens (including phenoxy) is 1. The standard InChI is InChI=1S/C16H21N3O2S/c1-11(22-4)16(20)18-14(15-17-9-10-19(15)2)12-7-5-6-8-13(12)21-3/h5-11,14H,1-4H3,(H,18,20)/t11-,14+/m1/s1. The first kappa shape index (κ1) is 16.4. The van der Waals surface area contributed by atoms with Crippen molar-refractivity contribution in [3.05, 3.63) is 48.0 Å². The summed E-state index contributed by atoms with van der Waals surface area (Å²) < 4.78 is 7.34. The first-order chi connectivity index (χ1) is 10.6. The fraction of sp³-hybridized carbons (Fsp3) is 0.375. The van der Waals surface area contributed by atoms with Gasteiger partial charge in [-0.05, 0) is 19.2 Å². The highest BCUT2D eigenvalue weighted by Crippen LogP contribution is 2.29. The van der Waals surface area contributed by atoms with Crippen molar-refractivity contribution in [2.45, 2.75) is 18.2 Å². The molecule has 0 saturated carbocycles. The number of rotatable bonds is 6. The number of para-hydroxylation sites is 1. The lowest BCUT2D eigenvalue weighted by molar-refractivity contribution is -0.120. The summed E-state index contributed by atoms with van der Waals surface area (Å²) in [6.07, 6.45) is 5.51. The Morgan fingerprint density at radius 1 is 1.41 bits per heavy atom. The van der Waals surface area contributed by atoms with Gasteiger partial charge in [0, 0.05) is 25.0 Å². The van der Waals surface area contributed by atoms with Gasteiger partial charge >= 0.3 is 0 Å². The maximum Gasteiger partial charge on any atom is 0.233 e. The van der Waals surface area contributed by atoms with Gasteiger partial charge < -0.3 is 14.6 Å². The van der Waals surface area contributed by atoms with E-state index in [-0.39, 0.29) is 17.2 Å². The minimum Gasteiger partial charge on any atom is -0.496 e. The number of benzene rings is 1. The molecule has 0 bridgehead atoms. The molecule has 5 nitrogen and oxygen atoms in total. The number of nitrogens with one attached hydrogen (secondary N) is 1. The normalized spacial score (nSPS) is 13.5. The maximum atomic E-state index is 12.4. The minimum absolute atomic E-state index is 0.0218. The van der Waals surface area contributed by atoms with Crippen LogP contribution in [-0.2, 0) is 11.8 Å². The van der Waals surface area contributed by atoms with Crippen LogP contribution in [0.3, 0.4) is 0 Å². The van der Waals surface area contributed by atoms with Crippen molar-refractivity contribution in [3.63, 3.8) is 0 Å². The van der Waals surface area contributed by atoms with E-state index in [1.165, 1.54) is 11.8 Å². The topological polar surface area (TPSA) is 56.1 Å². The summed E-state index contributed by atoms with van der Waals surface area (Å²) in [6, 6.07) is 7.32. The third-order valence-corrected chi connectivity index (χ3v) is 4.50. The molecule has 0 spiro atoms. The van der Waals surface area contributed by atoms with Crippen LogP contribution in [0.25, 0.3) is 0 Å². The third kappa shape index (κ3) is 3.44. The molecule has 0 aliphatic carbocycles. The van der Waals surface area contributed by atoms with Gasteiger partial charge in [0.2, 0.25) is 5.91 Å². The van der Waals surface area contributed by atoms with Gasteiger partial charge in [0.25, 0.3) is 0 Å². The number of carbonyl (C=O) groups excluding carboxylic acids is 1. The van der Waals surface area contributed by atoms with Crippen molar-refractivity contribution in [1.29, 1.82) is 0 Å². The third-order valence-electron chi connectivity index (χ3n) is 3.58. The van der Waals surface area contributed by atoms with Crippen molar-refractivity contribution in [2.24, 2.45) is 7.05 Å². The lowest BCUT2D eigenvalue weighted by Crippen LogP contribution is -2.36. The molecule has 1 aromatic heterocycles. The van der Waals surface area contributed by atoms with E-state index in [1.54, 1.807) is 13.3 Å². The number of thioether (sulfide) groups is 1. The molecule has 0 saturated heterocycles. The predicted octanol–water partition coefficient (Wildman–Crippen LogP) is 2.39. The molecule has 0 aliphatic heterocycles. The number of hydrogen-bond acceptors (Lipinski definition) is 4. The van der Waals surface area contributed by atoms with E-state index in [0.717, 1.165) is 17.1 Å². The molecule has 0 radical (unpaired) electrons. The highest BCUT2D eigenvalue weighted by atomic mass is 32.2. The molecule has 2 aromatic rings. The van der Waals surface area contributed by atoms with Gasteiger partial charge in [0.15, 0.2) is 0 Å². The van der Waals surface area contributed by atoms with Crippen molar-refractivity contribution in [2.75, 3.05) is 13.4 Å². The van der Waals surface area contributed by atoms with Crippen LogP contribution in [-0.4, -0.2) is 34.1 Å². The Morgan fingerprint density at radius 3 is 2.73 bits per heavy atom. The number of aromatic nitrogens is 2. The number of nitrogens with zero attached hydrogens (tertiary/aromatic N) is 2. The van der Waals surface area contributed by atoms with Crippen LogP contribution < -0.4 is 10.1 Å². The molecule has 2 atom stereocenters. The molecule has 1 aromatic carbocycles. The second-order valence-corrected chi connectivity index (χ2v) is 6.14. The summed E-state index contributed by atoms with van der Waals surface area (Å²) in [5.74, 6) is 1.48. The van der Waals surface area contributed by atoms with Gasteiger partial charge in [-0.1, -0.05) is 18.2 Å². The van der Waals surface area contributed by atoms with Gasteiger partial charge in [-0.15, -0.1) is 0 Å². The summed E-state index contributed by atoms with van der Waals surface area (Å²) in [4.78, 5) is 16.7.